The Bertz CT molecular complexity index is 421. The quantitative estimate of drug-likeness (QED) is 0.893. The predicted molar refractivity (Wildman–Crippen MR) is 78.7 cm³/mol. The number of rotatable bonds is 4. The molecule has 2 atom stereocenters. The van der Waals surface area contributed by atoms with Gasteiger partial charge in [-0.1, -0.05) is 17.7 Å². The van der Waals surface area contributed by atoms with Gasteiger partial charge in [-0.15, -0.1) is 0 Å². The van der Waals surface area contributed by atoms with Crippen molar-refractivity contribution >= 4 is 17.3 Å². The zero-order chi connectivity index (χ0) is 13.8. The van der Waals surface area contributed by atoms with Crippen LogP contribution >= 0.6 is 11.6 Å². The molecule has 4 heteroatoms. The van der Waals surface area contributed by atoms with Gasteiger partial charge in [0.05, 0.1) is 16.8 Å². The normalized spacial score (nSPS) is 21.5. The molecule has 0 spiro atoms. The summed E-state index contributed by atoms with van der Waals surface area (Å²) in [7, 11) is 0. The Hall–Kier alpha value is -0.770. The van der Waals surface area contributed by atoms with E-state index in [1.54, 1.807) is 6.92 Å². The smallest absolute Gasteiger partial charge is 0.0762 e. The third-order valence-electron chi connectivity index (χ3n) is 3.85. The van der Waals surface area contributed by atoms with Gasteiger partial charge in [-0.25, -0.2) is 0 Å². The number of hydrogen-bond acceptors (Lipinski definition) is 3. The minimum absolute atomic E-state index is 0.257. The van der Waals surface area contributed by atoms with Crippen molar-refractivity contribution in [2.75, 3.05) is 24.6 Å². The van der Waals surface area contributed by atoms with Crippen LogP contribution in [-0.2, 0) is 0 Å². The van der Waals surface area contributed by atoms with E-state index in [4.69, 9.17) is 16.7 Å². The van der Waals surface area contributed by atoms with E-state index < -0.39 is 6.10 Å². The Balaban J connectivity index is 2.12. The van der Waals surface area contributed by atoms with Gasteiger partial charge < -0.3 is 15.1 Å². The molecule has 0 aromatic heterocycles. The van der Waals surface area contributed by atoms with E-state index in [-0.39, 0.29) is 6.61 Å². The van der Waals surface area contributed by atoms with Crippen LogP contribution in [0.3, 0.4) is 0 Å². The van der Waals surface area contributed by atoms with Gasteiger partial charge in [0.2, 0.25) is 0 Å². The second-order valence-electron chi connectivity index (χ2n) is 5.35. The fraction of sp³-hybridized carbons (Fsp3) is 0.600. The largest absolute Gasteiger partial charge is 0.396 e. The van der Waals surface area contributed by atoms with Crippen molar-refractivity contribution in [2.45, 2.75) is 32.3 Å². The van der Waals surface area contributed by atoms with Crippen LogP contribution in [-0.4, -0.2) is 29.9 Å². The summed E-state index contributed by atoms with van der Waals surface area (Å²) in [6.45, 7) is 3.96. The molecule has 19 heavy (non-hydrogen) atoms. The summed E-state index contributed by atoms with van der Waals surface area (Å²) in [5, 5.41) is 19.3. The minimum Gasteiger partial charge on any atom is -0.396 e. The molecule has 2 rings (SSSR count). The van der Waals surface area contributed by atoms with Gasteiger partial charge in [0, 0.05) is 19.7 Å². The third kappa shape index (κ3) is 3.62. The van der Waals surface area contributed by atoms with Gasteiger partial charge in [0.15, 0.2) is 0 Å². The first-order chi connectivity index (χ1) is 9.11. The molecule has 0 amide bonds. The van der Waals surface area contributed by atoms with Gasteiger partial charge in [-0.3, -0.25) is 0 Å². The number of anilines is 1. The lowest BCUT2D eigenvalue weighted by Gasteiger charge is -2.35. The van der Waals surface area contributed by atoms with Crippen molar-refractivity contribution in [3.63, 3.8) is 0 Å². The lowest BCUT2D eigenvalue weighted by atomic mass is 9.94. The molecule has 1 aliphatic heterocycles. The minimum atomic E-state index is -0.491. The first-order valence-electron chi connectivity index (χ1n) is 6.95. The summed E-state index contributed by atoms with van der Waals surface area (Å²) < 4.78 is 0. The van der Waals surface area contributed by atoms with Gasteiger partial charge in [-0.05, 0) is 49.8 Å². The van der Waals surface area contributed by atoms with E-state index in [0.717, 1.165) is 37.2 Å². The standard InChI is InChI=1S/C15H22ClNO2/c1-11(19)13-4-5-15(14(16)9-13)17-7-2-3-12(10-17)6-8-18/h4-5,9,11-12,18-19H,2-3,6-8,10H2,1H3/t11-,12?/m1/s1. The van der Waals surface area contributed by atoms with E-state index in [1.165, 1.54) is 6.42 Å². The third-order valence-corrected chi connectivity index (χ3v) is 4.15. The number of piperidine rings is 1. The number of nitrogens with zero attached hydrogens (tertiary/aromatic N) is 1. The maximum atomic E-state index is 9.56. The molecule has 1 saturated heterocycles. The van der Waals surface area contributed by atoms with E-state index in [1.807, 2.05) is 18.2 Å². The van der Waals surface area contributed by atoms with Crippen LogP contribution in [0.1, 0.15) is 37.9 Å². The fourth-order valence-corrected chi connectivity index (χ4v) is 3.05. The second kappa shape index (κ2) is 6.60. The summed E-state index contributed by atoms with van der Waals surface area (Å²) in [6, 6.07) is 5.77. The number of benzene rings is 1. The number of aliphatic hydroxyl groups is 2. The summed E-state index contributed by atoms with van der Waals surface area (Å²) in [6.07, 6.45) is 2.69. The summed E-state index contributed by atoms with van der Waals surface area (Å²) in [5.41, 5.74) is 1.88. The molecule has 0 bridgehead atoms. The second-order valence-corrected chi connectivity index (χ2v) is 5.76. The number of halogens is 1. The van der Waals surface area contributed by atoms with Crippen LogP contribution in [0, 0.1) is 5.92 Å². The lowest BCUT2D eigenvalue weighted by Crippen LogP contribution is -2.35. The van der Waals surface area contributed by atoms with Crippen LogP contribution in [0.25, 0.3) is 0 Å². The monoisotopic (exact) mass is 283 g/mol. The van der Waals surface area contributed by atoms with Gasteiger partial charge in [0.25, 0.3) is 0 Å². The Morgan fingerprint density at radius 3 is 2.89 bits per heavy atom. The van der Waals surface area contributed by atoms with Crippen LogP contribution in [0.15, 0.2) is 18.2 Å². The maximum Gasteiger partial charge on any atom is 0.0762 e. The van der Waals surface area contributed by atoms with Crippen molar-refractivity contribution in [1.29, 1.82) is 0 Å². The predicted octanol–water partition coefficient (Wildman–Crippen LogP) is 2.99. The Labute approximate surface area is 119 Å². The maximum absolute atomic E-state index is 9.56. The first-order valence-corrected chi connectivity index (χ1v) is 7.33. The van der Waals surface area contributed by atoms with Gasteiger partial charge >= 0.3 is 0 Å². The number of hydrogen-bond donors (Lipinski definition) is 2. The molecular formula is C15H22ClNO2. The molecule has 1 heterocycles. The van der Waals surface area contributed by atoms with Crippen molar-refractivity contribution in [1.82, 2.24) is 0 Å². The van der Waals surface area contributed by atoms with Crippen LogP contribution in [0.5, 0.6) is 0 Å². The van der Waals surface area contributed by atoms with Crippen molar-refractivity contribution in [3.8, 4) is 0 Å². The topological polar surface area (TPSA) is 43.7 Å². The highest BCUT2D eigenvalue weighted by molar-refractivity contribution is 6.33. The van der Waals surface area contributed by atoms with E-state index >= 15 is 0 Å². The Kier molecular flexibility index (Phi) is 5.08. The molecule has 106 valence electrons. The van der Waals surface area contributed by atoms with Crippen LogP contribution in [0.4, 0.5) is 5.69 Å². The Morgan fingerprint density at radius 2 is 2.26 bits per heavy atom. The molecular weight excluding hydrogens is 262 g/mol. The molecule has 0 radical (unpaired) electrons. The Morgan fingerprint density at radius 1 is 1.47 bits per heavy atom. The summed E-state index contributed by atoms with van der Waals surface area (Å²) in [5.74, 6) is 0.547. The van der Waals surface area contributed by atoms with E-state index in [0.29, 0.717) is 10.9 Å². The molecule has 0 aliphatic carbocycles. The molecule has 3 nitrogen and oxygen atoms in total. The van der Waals surface area contributed by atoms with Crippen molar-refractivity contribution in [2.24, 2.45) is 5.92 Å². The van der Waals surface area contributed by atoms with E-state index in [2.05, 4.69) is 4.90 Å². The molecule has 1 aliphatic rings. The van der Waals surface area contributed by atoms with Crippen LogP contribution < -0.4 is 4.90 Å². The van der Waals surface area contributed by atoms with E-state index in [9.17, 15) is 5.11 Å². The molecule has 1 unspecified atom stereocenters. The highest BCUT2D eigenvalue weighted by atomic mass is 35.5. The average Bonchev–Trinajstić information content (AvgIpc) is 2.39. The number of aliphatic hydroxyl groups excluding tert-OH is 2. The highest BCUT2D eigenvalue weighted by Crippen LogP contribution is 2.32. The highest BCUT2D eigenvalue weighted by Gasteiger charge is 2.21. The van der Waals surface area contributed by atoms with Crippen molar-refractivity contribution < 1.29 is 10.2 Å². The van der Waals surface area contributed by atoms with Gasteiger partial charge in [-0.2, -0.15) is 0 Å². The lowest BCUT2D eigenvalue weighted by molar-refractivity contribution is 0.199. The fourth-order valence-electron chi connectivity index (χ4n) is 2.74. The molecule has 2 N–H and O–H groups in total. The van der Waals surface area contributed by atoms with Crippen molar-refractivity contribution in [3.05, 3.63) is 28.8 Å². The summed E-state index contributed by atoms with van der Waals surface area (Å²) in [4.78, 5) is 2.29. The average molecular weight is 284 g/mol. The summed E-state index contributed by atoms with van der Waals surface area (Å²) >= 11 is 6.33. The molecule has 1 aromatic rings. The van der Waals surface area contributed by atoms with Gasteiger partial charge in [0.1, 0.15) is 0 Å². The zero-order valence-corrected chi connectivity index (χ0v) is 12.1. The van der Waals surface area contributed by atoms with Crippen LogP contribution in [0.2, 0.25) is 5.02 Å². The first kappa shape index (κ1) is 14.6. The zero-order valence-electron chi connectivity index (χ0n) is 11.3. The molecule has 1 fully saturated rings. The molecule has 0 saturated carbocycles. The SMILES string of the molecule is C[C@@H](O)c1ccc(N2CCCC(CCO)C2)c(Cl)c1. The molecule has 1 aromatic carbocycles.